The SMILES string of the molecule is Cc1cccc(OC(C)(C)C(=O)N2CC(O)C(Cc3cnccn3)C2)c1. The number of aliphatic hydroxyl groups excluding tert-OH is 1. The van der Waals surface area contributed by atoms with E-state index in [4.69, 9.17) is 4.74 Å². The lowest BCUT2D eigenvalue weighted by atomic mass is 10.0. The fourth-order valence-corrected chi connectivity index (χ4v) is 3.32. The van der Waals surface area contributed by atoms with Crippen molar-refractivity contribution in [3.63, 3.8) is 0 Å². The van der Waals surface area contributed by atoms with Gasteiger partial charge in [-0.25, -0.2) is 0 Å². The molecule has 1 fully saturated rings. The van der Waals surface area contributed by atoms with Gasteiger partial charge in [-0.1, -0.05) is 12.1 Å². The number of rotatable bonds is 5. The van der Waals surface area contributed by atoms with Crippen molar-refractivity contribution in [3.05, 3.63) is 54.1 Å². The molecule has 6 nitrogen and oxygen atoms in total. The van der Waals surface area contributed by atoms with E-state index in [0.717, 1.165) is 11.3 Å². The number of hydrogen-bond donors (Lipinski definition) is 1. The Kier molecular flexibility index (Phi) is 5.23. The Bertz CT molecular complexity index is 764. The molecule has 2 heterocycles. The Morgan fingerprint density at radius 3 is 2.85 bits per heavy atom. The second-order valence-corrected chi connectivity index (χ2v) is 7.37. The molecule has 2 aromatic rings. The average molecular weight is 355 g/mol. The molecule has 0 saturated carbocycles. The Hall–Kier alpha value is -2.47. The number of carbonyl (C=O) groups is 1. The third-order valence-corrected chi connectivity index (χ3v) is 4.66. The zero-order valence-electron chi connectivity index (χ0n) is 15.4. The molecule has 2 atom stereocenters. The number of likely N-dealkylation sites (tertiary alicyclic amines) is 1. The maximum absolute atomic E-state index is 13.0. The highest BCUT2D eigenvalue weighted by Crippen LogP contribution is 2.26. The summed E-state index contributed by atoms with van der Waals surface area (Å²) in [7, 11) is 0. The molecule has 0 bridgehead atoms. The summed E-state index contributed by atoms with van der Waals surface area (Å²) in [6, 6.07) is 7.64. The van der Waals surface area contributed by atoms with Gasteiger partial charge in [0.25, 0.3) is 5.91 Å². The molecule has 1 amide bonds. The summed E-state index contributed by atoms with van der Waals surface area (Å²) < 4.78 is 5.95. The molecule has 0 radical (unpaired) electrons. The predicted octanol–water partition coefficient (Wildman–Crippen LogP) is 2.00. The first-order valence-corrected chi connectivity index (χ1v) is 8.83. The molecule has 2 unspecified atom stereocenters. The van der Waals surface area contributed by atoms with Crippen LogP contribution in [-0.4, -0.2) is 50.7 Å². The van der Waals surface area contributed by atoms with Gasteiger partial charge in [0.15, 0.2) is 5.60 Å². The van der Waals surface area contributed by atoms with Crippen molar-refractivity contribution in [2.75, 3.05) is 13.1 Å². The summed E-state index contributed by atoms with van der Waals surface area (Å²) in [6.45, 7) is 6.30. The van der Waals surface area contributed by atoms with E-state index in [1.54, 1.807) is 37.3 Å². The molecule has 1 saturated heterocycles. The van der Waals surface area contributed by atoms with Crippen molar-refractivity contribution in [1.29, 1.82) is 0 Å². The van der Waals surface area contributed by atoms with Crippen molar-refractivity contribution in [1.82, 2.24) is 14.9 Å². The molecule has 26 heavy (non-hydrogen) atoms. The second kappa shape index (κ2) is 7.41. The van der Waals surface area contributed by atoms with E-state index in [1.807, 2.05) is 31.2 Å². The van der Waals surface area contributed by atoms with Crippen LogP contribution in [0.2, 0.25) is 0 Å². The van der Waals surface area contributed by atoms with E-state index in [1.165, 1.54) is 0 Å². The standard InChI is InChI=1S/C20H25N3O3/c1-14-5-4-6-17(9-14)26-20(2,3)19(25)23-12-15(18(24)13-23)10-16-11-21-7-8-22-16/h4-9,11,15,18,24H,10,12-13H2,1-3H3. The molecule has 1 N–H and O–H groups in total. The topological polar surface area (TPSA) is 75.5 Å². The molecule has 6 heteroatoms. The second-order valence-electron chi connectivity index (χ2n) is 7.37. The molecule has 3 rings (SSSR count). The van der Waals surface area contributed by atoms with Gasteiger partial charge in [-0.3, -0.25) is 14.8 Å². The first-order chi connectivity index (χ1) is 12.3. The summed E-state index contributed by atoms with van der Waals surface area (Å²) in [5.74, 6) is 0.490. The molecular weight excluding hydrogens is 330 g/mol. The van der Waals surface area contributed by atoms with Crippen LogP contribution in [0.1, 0.15) is 25.1 Å². The van der Waals surface area contributed by atoms with Crippen LogP contribution in [0.3, 0.4) is 0 Å². The fraction of sp³-hybridized carbons (Fsp3) is 0.450. The van der Waals surface area contributed by atoms with Gasteiger partial charge in [0.2, 0.25) is 0 Å². The lowest BCUT2D eigenvalue weighted by Crippen LogP contribution is -2.48. The maximum Gasteiger partial charge on any atom is 0.266 e. The number of β-amino-alcohol motifs (C(OH)–C–C–N with tert-alkyl or cyclic N) is 1. The quantitative estimate of drug-likeness (QED) is 0.888. The summed E-state index contributed by atoms with van der Waals surface area (Å²) in [6.07, 6.45) is 4.98. The van der Waals surface area contributed by atoms with Gasteiger partial charge in [0.1, 0.15) is 5.75 Å². The van der Waals surface area contributed by atoms with Gasteiger partial charge < -0.3 is 14.7 Å². The number of hydrogen-bond acceptors (Lipinski definition) is 5. The summed E-state index contributed by atoms with van der Waals surface area (Å²) in [5, 5.41) is 10.4. The van der Waals surface area contributed by atoms with E-state index in [-0.39, 0.29) is 11.8 Å². The normalized spacial score (nSPS) is 20.2. The van der Waals surface area contributed by atoms with Crippen LogP contribution in [-0.2, 0) is 11.2 Å². The molecule has 0 aliphatic carbocycles. The minimum atomic E-state index is -1.01. The number of aliphatic hydroxyl groups is 1. The van der Waals surface area contributed by atoms with Crippen molar-refractivity contribution in [3.8, 4) is 5.75 Å². The summed E-state index contributed by atoms with van der Waals surface area (Å²) in [5.41, 5.74) is 0.891. The van der Waals surface area contributed by atoms with E-state index in [2.05, 4.69) is 9.97 Å². The predicted molar refractivity (Wildman–Crippen MR) is 97.7 cm³/mol. The minimum Gasteiger partial charge on any atom is -0.478 e. The zero-order valence-corrected chi connectivity index (χ0v) is 15.4. The highest BCUT2D eigenvalue weighted by Gasteiger charge is 2.41. The highest BCUT2D eigenvalue weighted by molar-refractivity contribution is 5.85. The third-order valence-electron chi connectivity index (χ3n) is 4.66. The molecule has 0 spiro atoms. The maximum atomic E-state index is 13.0. The molecule has 1 aromatic heterocycles. The Balaban J connectivity index is 1.65. The van der Waals surface area contributed by atoms with Crippen LogP contribution >= 0.6 is 0 Å². The smallest absolute Gasteiger partial charge is 0.266 e. The molecular formula is C20H25N3O3. The number of aromatic nitrogens is 2. The number of amides is 1. The van der Waals surface area contributed by atoms with Crippen LogP contribution in [0.15, 0.2) is 42.9 Å². The van der Waals surface area contributed by atoms with Crippen LogP contribution in [0, 0.1) is 12.8 Å². The Morgan fingerprint density at radius 1 is 1.35 bits per heavy atom. The van der Waals surface area contributed by atoms with Crippen molar-refractivity contribution >= 4 is 5.91 Å². The lowest BCUT2D eigenvalue weighted by Gasteiger charge is -2.30. The van der Waals surface area contributed by atoms with Crippen LogP contribution < -0.4 is 4.74 Å². The number of nitrogens with zero attached hydrogens (tertiary/aromatic N) is 3. The first kappa shape index (κ1) is 18.3. The van der Waals surface area contributed by atoms with Crippen molar-refractivity contribution in [2.45, 2.75) is 38.9 Å². The Labute approximate surface area is 153 Å². The van der Waals surface area contributed by atoms with Crippen LogP contribution in [0.5, 0.6) is 5.75 Å². The molecule has 1 aliphatic rings. The fourth-order valence-electron chi connectivity index (χ4n) is 3.32. The van der Waals surface area contributed by atoms with Gasteiger partial charge in [-0.2, -0.15) is 0 Å². The van der Waals surface area contributed by atoms with Gasteiger partial charge in [0, 0.05) is 37.6 Å². The highest BCUT2D eigenvalue weighted by atomic mass is 16.5. The van der Waals surface area contributed by atoms with E-state index in [0.29, 0.717) is 25.3 Å². The lowest BCUT2D eigenvalue weighted by molar-refractivity contribution is -0.144. The molecule has 1 aromatic carbocycles. The van der Waals surface area contributed by atoms with Gasteiger partial charge in [-0.15, -0.1) is 0 Å². The first-order valence-electron chi connectivity index (χ1n) is 8.83. The van der Waals surface area contributed by atoms with E-state index < -0.39 is 11.7 Å². The monoisotopic (exact) mass is 355 g/mol. The number of ether oxygens (including phenoxy) is 1. The van der Waals surface area contributed by atoms with E-state index >= 15 is 0 Å². The number of benzene rings is 1. The number of carbonyl (C=O) groups excluding carboxylic acids is 1. The zero-order chi connectivity index (χ0) is 18.7. The third kappa shape index (κ3) is 4.19. The summed E-state index contributed by atoms with van der Waals surface area (Å²) >= 11 is 0. The molecule has 1 aliphatic heterocycles. The van der Waals surface area contributed by atoms with Gasteiger partial charge in [-0.05, 0) is 44.9 Å². The largest absolute Gasteiger partial charge is 0.478 e. The minimum absolute atomic E-state index is 0.0505. The Morgan fingerprint density at radius 2 is 2.15 bits per heavy atom. The summed E-state index contributed by atoms with van der Waals surface area (Å²) in [4.78, 5) is 23.0. The van der Waals surface area contributed by atoms with Gasteiger partial charge in [0.05, 0.1) is 11.8 Å². The van der Waals surface area contributed by atoms with E-state index in [9.17, 15) is 9.90 Å². The van der Waals surface area contributed by atoms with Gasteiger partial charge >= 0.3 is 0 Å². The number of aryl methyl sites for hydroxylation is 1. The van der Waals surface area contributed by atoms with Crippen LogP contribution in [0.25, 0.3) is 0 Å². The van der Waals surface area contributed by atoms with Crippen LogP contribution in [0.4, 0.5) is 0 Å². The molecule has 138 valence electrons. The average Bonchev–Trinajstić information content (AvgIpc) is 2.95. The van der Waals surface area contributed by atoms with Crippen molar-refractivity contribution in [2.24, 2.45) is 5.92 Å². The van der Waals surface area contributed by atoms with Crippen molar-refractivity contribution < 1.29 is 14.6 Å².